The van der Waals surface area contributed by atoms with Crippen LogP contribution in [-0.2, 0) is 9.53 Å². The zero-order valence-corrected chi connectivity index (χ0v) is 11.2. The van der Waals surface area contributed by atoms with E-state index in [1.54, 1.807) is 0 Å². The number of nitrogens with one attached hydrogen (secondary N) is 1. The summed E-state index contributed by atoms with van der Waals surface area (Å²) in [6.07, 6.45) is 1.47. The van der Waals surface area contributed by atoms with Gasteiger partial charge in [0.2, 0.25) is 5.82 Å². The highest BCUT2D eigenvalue weighted by Crippen LogP contribution is 2.38. The maximum atomic E-state index is 13.6. The number of benzene rings is 1. The summed E-state index contributed by atoms with van der Waals surface area (Å²) in [7, 11) is 1.18. The number of anilines is 1. The van der Waals surface area contributed by atoms with E-state index in [4.69, 9.17) is 9.47 Å². The molecule has 0 amide bonds. The SMILES string of the molecule is COc1c(F)c(F)cc2c1NCC(C(=O)OC1CC1)C2=O. The molecule has 0 aromatic heterocycles. The molecule has 1 N–H and O–H groups in total. The third-order valence-electron chi connectivity index (χ3n) is 3.54. The van der Waals surface area contributed by atoms with Crippen molar-refractivity contribution < 1.29 is 27.8 Å². The number of fused-ring (bicyclic) bond motifs is 1. The van der Waals surface area contributed by atoms with Crippen molar-refractivity contribution in [3.05, 3.63) is 23.3 Å². The van der Waals surface area contributed by atoms with Crippen molar-refractivity contribution in [1.29, 1.82) is 0 Å². The number of carbonyl (C=O) groups excluding carboxylic acids is 2. The van der Waals surface area contributed by atoms with Crippen molar-refractivity contribution >= 4 is 17.4 Å². The number of ether oxygens (including phenoxy) is 2. The van der Waals surface area contributed by atoms with Crippen LogP contribution in [0.4, 0.5) is 14.5 Å². The summed E-state index contributed by atoms with van der Waals surface area (Å²) >= 11 is 0. The molecule has 1 aliphatic heterocycles. The van der Waals surface area contributed by atoms with Crippen LogP contribution in [0, 0.1) is 17.6 Å². The van der Waals surface area contributed by atoms with Gasteiger partial charge in [-0.05, 0) is 18.9 Å². The Morgan fingerprint density at radius 3 is 2.71 bits per heavy atom. The number of hydrogen-bond donors (Lipinski definition) is 1. The van der Waals surface area contributed by atoms with Crippen LogP contribution in [0.5, 0.6) is 5.75 Å². The molecule has 21 heavy (non-hydrogen) atoms. The van der Waals surface area contributed by atoms with Gasteiger partial charge >= 0.3 is 5.97 Å². The molecule has 1 saturated carbocycles. The minimum atomic E-state index is -1.20. The van der Waals surface area contributed by atoms with Gasteiger partial charge in [0.1, 0.15) is 12.0 Å². The lowest BCUT2D eigenvalue weighted by Crippen LogP contribution is -2.37. The van der Waals surface area contributed by atoms with Gasteiger partial charge in [-0.1, -0.05) is 0 Å². The van der Waals surface area contributed by atoms with Gasteiger partial charge < -0.3 is 14.8 Å². The second kappa shape index (κ2) is 4.98. The highest BCUT2D eigenvalue weighted by molar-refractivity contribution is 6.14. The fourth-order valence-electron chi connectivity index (χ4n) is 2.27. The van der Waals surface area contributed by atoms with Crippen molar-refractivity contribution in [2.75, 3.05) is 19.0 Å². The predicted molar refractivity (Wildman–Crippen MR) is 68.3 cm³/mol. The number of carbonyl (C=O) groups is 2. The first-order valence-corrected chi connectivity index (χ1v) is 6.57. The lowest BCUT2D eigenvalue weighted by molar-refractivity contribution is -0.147. The van der Waals surface area contributed by atoms with Gasteiger partial charge in [0.25, 0.3) is 0 Å². The molecule has 3 rings (SSSR count). The lowest BCUT2D eigenvalue weighted by Gasteiger charge is -2.25. The first kappa shape index (κ1) is 13.8. The first-order chi connectivity index (χ1) is 10.0. The van der Waals surface area contributed by atoms with Gasteiger partial charge in [-0.3, -0.25) is 9.59 Å². The van der Waals surface area contributed by atoms with E-state index in [9.17, 15) is 18.4 Å². The molecular weight excluding hydrogens is 284 g/mol. The Morgan fingerprint density at radius 1 is 1.38 bits per heavy atom. The molecular formula is C14H13F2NO4. The van der Waals surface area contributed by atoms with Crippen LogP contribution in [-0.4, -0.2) is 31.5 Å². The second-order valence-electron chi connectivity index (χ2n) is 5.06. The fraction of sp³-hybridized carbons (Fsp3) is 0.429. The zero-order valence-electron chi connectivity index (χ0n) is 11.2. The molecule has 1 aromatic carbocycles. The van der Waals surface area contributed by atoms with Crippen molar-refractivity contribution in [3.63, 3.8) is 0 Å². The highest BCUT2D eigenvalue weighted by Gasteiger charge is 2.39. The van der Waals surface area contributed by atoms with Crippen molar-refractivity contribution in [3.8, 4) is 5.75 Å². The van der Waals surface area contributed by atoms with E-state index in [2.05, 4.69) is 5.32 Å². The summed E-state index contributed by atoms with van der Waals surface area (Å²) in [4.78, 5) is 24.2. The Bertz CT molecular complexity index is 628. The number of hydrogen-bond acceptors (Lipinski definition) is 5. The summed E-state index contributed by atoms with van der Waals surface area (Å²) in [6.45, 7) is -0.0289. The van der Waals surface area contributed by atoms with E-state index in [1.807, 2.05) is 0 Å². The summed E-state index contributed by atoms with van der Waals surface area (Å²) in [6, 6.07) is 0.777. The van der Waals surface area contributed by atoms with Crippen LogP contribution in [0.3, 0.4) is 0 Å². The summed E-state index contributed by atoms with van der Waals surface area (Å²) in [5.41, 5.74) is -0.0355. The van der Waals surface area contributed by atoms with Crippen LogP contribution < -0.4 is 10.1 Å². The van der Waals surface area contributed by atoms with Crippen molar-refractivity contribution in [2.45, 2.75) is 18.9 Å². The van der Waals surface area contributed by atoms with E-state index in [0.29, 0.717) is 0 Å². The van der Waals surface area contributed by atoms with E-state index in [1.165, 1.54) is 7.11 Å². The second-order valence-corrected chi connectivity index (χ2v) is 5.06. The quantitative estimate of drug-likeness (QED) is 0.682. The maximum Gasteiger partial charge on any atom is 0.318 e. The average Bonchev–Trinajstić information content (AvgIpc) is 3.25. The largest absolute Gasteiger partial charge is 0.491 e. The molecule has 2 aliphatic rings. The Morgan fingerprint density at radius 2 is 2.10 bits per heavy atom. The Kier molecular flexibility index (Phi) is 3.27. The Balaban J connectivity index is 1.94. The Labute approximate surface area is 119 Å². The Hall–Kier alpha value is -2.18. The van der Waals surface area contributed by atoms with E-state index >= 15 is 0 Å². The molecule has 1 aliphatic carbocycles. The first-order valence-electron chi connectivity index (χ1n) is 6.57. The normalized spacial score (nSPS) is 20.5. The van der Waals surface area contributed by atoms with Crippen LogP contribution in [0.1, 0.15) is 23.2 Å². The number of rotatable bonds is 3. The fourth-order valence-corrected chi connectivity index (χ4v) is 2.27. The van der Waals surface area contributed by atoms with Gasteiger partial charge in [-0.15, -0.1) is 0 Å². The number of Topliss-reactive ketones (excluding diaryl/α,β-unsaturated/α-hetero) is 1. The summed E-state index contributed by atoms with van der Waals surface area (Å²) in [5, 5.41) is 2.75. The molecule has 0 saturated heterocycles. The van der Waals surface area contributed by atoms with E-state index in [-0.39, 0.29) is 29.6 Å². The van der Waals surface area contributed by atoms with Crippen LogP contribution in [0.15, 0.2) is 6.07 Å². The molecule has 112 valence electrons. The number of esters is 1. The minimum Gasteiger partial charge on any atom is -0.491 e. The minimum absolute atomic E-state index is 0.0289. The van der Waals surface area contributed by atoms with Crippen LogP contribution in [0.25, 0.3) is 0 Å². The highest BCUT2D eigenvalue weighted by atomic mass is 19.2. The van der Waals surface area contributed by atoms with Gasteiger partial charge in [0, 0.05) is 12.1 Å². The van der Waals surface area contributed by atoms with Gasteiger partial charge in [0.15, 0.2) is 17.3 Å². The topological polar surface area (TPSA) is 64.6 Å². The molecule has 1 heterocycles. The van der Waals surface area contributed by atoms with Gasteiger partial charge in [-0.25, -0.2) is 4.39 Å². The monoisotopic (exact) mass is 297 g/mol. The molecule has 1 atom stereocenters. The molecule has 7 heteroatoms. The van der Waals surface area contributed by atoms with E-state index < -0.39 is 29.3 Å². The molecule has 0 radical (unpaired) electrons. The third-order valence-corrected chi connectivity index (χ3v) is 3.54. The number of methoxy groups -OCH3 is 1. The lowest BCUT2D eigenvalue weighted by atomic mass is 9.91. The summed E-state index contributed by atoms with van der Waals surface area (Å²) < 4.78 is 37.0. The van der Waals surface area contributed by atoms with Crippen molar-refractivity contribution in [1.82, 2.24) is 0 Å². The van der Waals surface area contributed by atoms with Crippen LogP contribution in [0.2, 0.25) is 0 Å². The molecule has 1 aromatic rings. The average molecular weight is 297 g/mol. The molecule has 5 nitrogen and oxygen atoms in total. The molecule has 1 unspecified atom stereocenters. The standard InChI is InChI=1S/C14H13F2NO4/c1-20-13-10(16)9(15)4-7-11(13)17-5-8(12(7)18)14(19)21-6-2-3-6/h4,6,8,17H,2-3,5H2,1H3. The number of halogens is 2. The number of ketones is 1. The van der Waals surface area contributed by atoms with Gasteiger partial charge in [-0.2, -0.15) is 4.39 Å². The van der Waals surface area contributed by atoms with Crippen LogP contribution >= 0.6 is 0 Å². The third kappa shape index (κ3) is 2.32. The zero-order chi connectivity index (χ0) is 15.1. The molecule has 0 bridgehead atoms. The predicted octanol–water partition coefficient (Wildman–Crippen LogP) is 1.90. The smallest absolute Gasteiger partial charge is 0.318 e. The molecule has 0 spiro atoms. The summed E-state index contributed by atoms with van der Waals surface area (Å²) in [5.74, 6) is -5.01. The van der Waals surface area contributed by atoms with Crippen molar-refractivity contribution in [2.24, 2.45) is 5.92 Å². The maximum absolute atomic E-state index is 13.6. The molecule has 1 fully saturated rings. The van der Waals surface area contributed by atoms with Gasteiger partial charge in [0.05, 0.1) is 12.8 Å². The van der Waals surface area contributed by atoms with E-state index in [0.717, 1.165) is 18.9 Å².